The van der Waals surface area contributed by atoms with Crippen molar-refractivity contribution in [3.05, 3.63) is 119 Å². The molecule has 3 amide bonds. The molecule has 0 saturated heterocycles. The van der Waals surface area contributed by atoms with Gasteiger partial charge in [-0.2, -0.15) is 0 Å². The number of benzene rings is 3. The van der Waals surface area contributed by atoms with Crippen molar-refractivity contribution in [1.82, 2.24) is 20.5 Å². The Morgan fingerprint density at radius 1 is 0.805 bits per heavy atom. The summed E-state index contributed by atoms with van der Waals surface area (Å²) in [5, 5.41) is 5.41. The third-order valence-electron chi connectivity index (χ3n) is 5.72. The summed E-state index contributed by atoms with van der Waals surface area (Å²) in [6, 6.07) is 26.5. The maximum Gasteiger partial charge on any atom is 0.412 e. The number of carbonyl (C=O) groups is 3. The predicted octanol–water partition coefficient (Wildman–Crippen LogP) is 5.37. The second-order valence-corrected chi connectivity index (χ2v) is 9.85. The topological polar surface area (TPSA) is 119 Å². The number of aromatic nitrogens is 1. The van der Waals surface area contributed by atoms with E-state index < -0.39 is 24.3 Å². The first-order valence-corrected chi connectivity index (χ1v) is 13.7. The average molecular weight is 575 g/mol. The van der Waals surface area contributed by atoms with Crippen LogP contribution in [0.1, 0.15) is 16.0 Å². The molecule has 0 spiro atoms. The maximum absolute atomic E-state index is 13.2. The summed E-state index contributed by atoms with van der Waals surface area (Å²) in [6.45, 7) is 0.342. The first kappa shape index (κ1) is 29.1. The fraction of sp³-hybridized carbons (Fsp3) is 0.200. The second-order valence-electron chi connectivity index (χ2n) is 8.87. The van der Waals surface area contributed by atoms with Crippen LogP contribution in [-0.2, 0) is 29.2 Å². The molecular weight excluding hydrogens is 544 g/mol. The standard InChI is InChI=1S/C30H30N4O6S/c35-28(38-20-24-12-6-2-7-13-24)32-16-25(33-29(36)40-26-14-8-3-9-15-26)19-34(18-23-10-4-1-5-11-23)30(37)39-21-27-17-31-22-41-27/h1-15,17,22,25H,16,18-21H2,(H,32,35)(H,33,36). The van der Waals surface area contributed by atoms with E-state index in [1.807, 2.05) is 60.7 Å². The number of hydrogen-bond acceptors (Lipinski definition) is 8. The van der Waals surface area contributed by atoms with Crippen LogP contribution in [0.3, 0.4) is 0 Å². The SMILES string of the molecule is O=C(NCC(CN(Cc1ccccc1)C(=O)OCc1cncs1)NC(=O)Oc1ccccc1)OCc1ccccc1. The number of hydrogen-bond donors (Lipinski definition) is 2. The quantitative estimate of drug-likeness (QED) is 0.234. The van der Waals surface area contributed by atoms with Crippen molar-refractivity contribution in [3.63, 3.8) is 0 Å². The fourth-order valence-electron chi connectivity index (χ4n) is 3.74. The molecular formula is C30H30N4O6S. The largest absolute Gasteiger partial charge is 0.445 e. The lowest BCUT2D eigenvalue weighted by molar-refractivity contribution is 0.0897. The van der Waals surface area contributed by atoms with E-state index in [0.717, 1.165) is 16.0 Å². The van der Waals surface area contributed by atoms with Gasteiger partial charge in [0, 0.05) is 25.8 Å². The number of nitrogens with zero attached hydrogens (tertiary/aromatic N) is 2. The Morgan fingerprint density at radius 3 is 2.12 bits per heavy atom. The van der Waals surface area contributed by atoms with Gasteiger partial charge in [-0.15, -0.1) is 11.3 Å². The Morgan fingerprint density at radius 2 is 1.46 bits per heavy atom. The number of nitrogens with one attached hydrogen (secondary N) is 2. The highest BCUT2D eigenvalue weighted by Crippen LogP contribution is 2.12. The molecule has 1 heterocycles. The highest BCUT2D eigenvalue weighted by Gasteiger charge is 2.24. The zero-order valence-corrected chi connectivity index (χ0v) is 23.0. The van der Waals surface area contributed by atoms with Crippen molar-refractivity contribution in [2.75, 3.05) is 13.1 Å². The molecule has 0 radical (unpaired) electrons. The number of alkyl carbamates (subject to hydrolysis) is 1. The molecule has 4 aromatic rings. The molecule has 0 aliphatic carbocycles. The van der Waals surface area contributed by atoms with Gasteiger partial charge in [-0.05, 0) is 23.3 Å². The minimum Gasteiger partial charge on any atom is -0.445 e. The van der Waals surface area contributed by atoms with Crippen LogP contribution >= 0.6 is 11.3 Å². The van der Waals surface area contributed by atoms with Crippen LogP contribution in [0.4, 0.5) is 14.4 Å². The lowest BCUT2D eigenvalue weighted by Gasteiger charge is -2.28. The van der Waals surface area contributed by atoms with Gasteiger partial charge in [0.25, 0.3) is 0 Å². The van der Waals surface area contributed by atoms with E-state index >= 15 is 0 Å². The molecule has 11 heteroatoms. The Kier molecular flexibility index (Phi) is 11.1. The third kappa shape index (κ3) is 10.3. The van der Waals surface area contributed by atoms with Gasteiger partial charge in [0.2, 0.25) is 0 Å². The van der Waals surface area contributed by atoms with Gasteiger partial charge in [0.05, 0.1) is 16.4 Å². The van der Waals surface area contributed by atoms with Crippen molar-refractivity contribution >= 4 is 29.6 Å². The molecule has 0 aliphatic rings. The molecule has 10 nitrogen and oxygen atoms in total. The zero-order chi connectivity index (χ0) is 28.7. The normalized spacial score (nSPS) is 11.1. The predicted molar refractivity (Wildman–Crippen MR) is 153 cm³/mol. The summed E-state index contributed by atoms with van der Waals surface area (Å²) in [6.07, 6.45) is -0.357. The summed E-state index contributed by atoms with van der Waals surface area (Å²) in [5.41, 5.74) is 3.36. The molecule has 3 aromatic carbocycles. The van der Waals surface area contributed by atoms with Gasteiger partial charge < -0.3 is 29.7 Å². The Balaban J connectivity index is 1.43. The molecule has 0 fully saturated rings. The van der Waals surface area contributed by atoms with Crippen molar-refractivity contribution in [1.29, 1.82) is 0 Å². The van der Waals surface area contributed by atoms with E-state index in [1.54, 1.807) is 42.0 Å². The van der Waals surface area contributed by atoms with Crippen molar-refractivity contribution < 1.29 is 28.6 Å². The van der Waals surface area contributed by atoms with E-state index in [0.29, 0.717) is 5.75 Å². The molecule has 1 unspecified atom stereocenters. The molecule has 212 valence electrons. The molecule has 0 aliphatic heterocycles. The van der Waals surface area contributed by atoms with E-state index in [1.165, 1.54) is 16.2 Å². The fourth-order valence-corrected chi connectivity index (χ4v) is 4.25. The van der Waals surface area contributed by atoms with E-state index in [4.69, 9.17) is 14.2 Å². The van der Waals surface area contributed by atoms with E-state index in [9.17, 15) is 14.4 Å². The average Bonchev–Trinajstić information content (AvgIpc) is 3.52. The zero-order valence-electron chi connectivity index (χ0n) is 22.2. The number of carbonyl (C=O) groups excluding carboxylic acids is 3. The third-order valence-corrected chi connectivity index (χ3v) is 6.47. The molecule has 1 aromatic heterocycles. The second kappa shape index (κ2) is 15.6. The number of thiazole rings is 1. The van der Waals surface area contributed by atoms with Gasteiger partial charge in [0.15, 0.2) is 0 Å². The Hall–Kier alpha value is -4.90. The molecule has 4 rings (SSSR count). The summed E-state index contributed by atoms with van der Waals surface area (Å²) >= 11 is 1.38. The Labute approximate surface area is 241 Å². The minimum absolute atomic E-state index is 0.0132. The smallest absolute Gasteiger partial charge is 0.412 e. The highest BCUT2D eigenvalue weighted by atomic mass is 32.1. The molecule has 2 N–H and O–H groups in total. The van der Waals surface area contributed by atoms with Crippen LogP contribution in [0.5, 0.6) is 5.75 Å². The first-order chi connectivity index (χ1) is 20.0. The lowest BCUT2D eigenvalue weighted by Crippen LogP contribution is -2.51. The summed E-state index contributed by atoms with van der Waals surface area (Å²) in [7, 11) is 0. The van der Waals surface area contributed by atoms with Gasteiger partial charge >= 0.3 is 18.3 Å². The van der Waals surface area contributed by atoms with E-state index in [2.05, 4.69) is 15.6 Å². The number of amides is 3. The molecule has 0 saturated carbocycles. The van der Waals surface area contributed by atoms with Crippen LogP contribution in [0.15, 0.2) is 103 Å². The first-order valence-electron chi connectivity index (χ1n) is 12.9. The Bertz CT molecular complexity index is 1360. The molecule has 41 heavy (non-hydrogen) atoms. The number of rotatable bonds is 12. The summed E-state index contributed by atoms with van der Waals surface area (Å²) < 4.78 is 16.2. The van der Waals surface area contributed by atoms with Crippen molar-refractivity contribution in [3.8, 4) is 5.75 Å². The van der Waals surface area contributed by atoms with Crippen LogP contribution in [0, 0.1) is 0 Å². The van der Waals surface area contributed by atoms with Crippen molar-refractivity contribution in [2.24, 2.45) is 0 Å². The molecule has 0 bridgehead atoms. The van der Waals surface area contributed by atoms with Gasteiger partial charge in [0.1, 0.15) is 19.0 Å². The number of para-hydroxylation sites is 1. The highest BCUT2D eigenvalue weighted by molar-refractivity contribution is 7.09. The summed E-state index contributed by atoms with van der Waals surface area (Å²) in [5.74, 6) is 0.351. The monoisotopic (exact) mass is 574 g/mol. The number of ether oxygens (including phenoxy) is 3. The van der Waals surface area contributed by atoms with Crippen molar-refractivity contribution in [2.45, 2.75) is 25.8 Å². The molecule has 1 atom stereocenters. The van der Waals surface area contributed by atoms with Crippen LogP contribution in [0.2, 0.25) is 0 Å². The minimum atomic E-state index is -0.741. The van der Waals surface area contributed by atoms with E-state index in [-0.39, 0.29) is 32.8 Å². The van der Waals surface area contributed by atoms with Crippen LogP contribution in [0.25, 0.3) is 0 Å². The lowest BCUT2D eigenvalue weighted by atomic mass is 10.2. The summed E-state index contributed by atoms with van der Waals surface area (Å²) in [4.78, 5) is 44.6. The van der Waals surface area contributed by atoms with Gasteiger partial charge in [-0.3, -0.25) is 4.98 Å². The van der Waals surface area contributed by atoms with Crippen LogP contribution in [-0.4, -0.2) is 47.3 Å². The van der Waals surface area contributed by atoms with Crippen LogP contribution < -0.4 is 15.4 Å². The van der Waals surface area contributed by atoms with Gasteiger partial charge in [-0.1, -0.05) is 78.9 Å². The van der Waals surface area contributed by atoms with Gasteiger partial charge in [-0.25, -0.2) is 14.4 Å². The maximum atomic E-state index is 13.2.